The maximum Gasteiger partial charge on any atom is 0.352 e. The molecule has 0 radical (unpaired) electrons. The zero-order chi connectivity index (χ0) is 28.5. The number of carbonyl (C=O) groups is 2. The maximum absolute atomic E-state index is 14.0. The largest absolute Gasteiger partial charge is 0.477 e. The minimum atomic E-state index is -3.94. The Morgan fingerprint density at radius 1 is 1.05 bits per heavy atom. The van der Waals surface area contributed by atoms with E-state index in [-0.39, 0.29) is 17.1 Å². The molecule has 2 saturated heterocycles. The van der Waals surface area contributed by atoms with Crippen molar-refractivity contribution in [3.05, 3.63) is 46.7 Å². The zero-order valence-corrected chi connectivity index (χ0v) is 24.1. The second kappa shape index (κ2) is 8.06. The predicted octanol–water partition coefficient (Wildman–Crippen LogP) is 1.47. The molecule has 2 fully saturated rings. The number of aliphatic hydroxyl groups is 1. The third-order valence-corrected chi connectivity index (χ3v) is 12.1. The van der Waals surface area contributed by atoms with Crippen molar-refractivity contribution in [1.29, 1.82) is 0 Å². The van der Waals surface area contributed by atoms with Crippen molar-refractivity contribution in [2.24, 2.45) is 11.8 Å². The molecular formula is C29H36N4O6S+2. The first-order chi connectivity index (χ1) is 18.8. The van der Waals surface area contributed by atoms with Crippen molar-refractivity contribution in [2.75, 3.05) is 51.1 Å². The van der Waals surface area contributed by atoms with Crippen LogP contribution in [0.15, 0.2) is 40.4 Å². The van der Waals surface area contributed by atoms with Crippen LogP contribution in [0.3, 0.4) is 0 Å². The summed E-state index contributed by atoms with van der Waals surface area (Å²) in [5.74, 6) is -2.79. The fraction of sp³-hybridized carbons (Fsp3) is 0.517. The van der Waals surface area contributed by atoms with Gasteiger partial charge in [-0.25, -0.2) is 13.2 Å². The Morgan fingerprint density at radius 3 is 2.27 bits per heavy atom. The molecule has 40 heavy (non-hydrogen) atoms. The lowest BCUT2D eigenvalue weighted by molar-refractivity contribution is -1.03. The summed E-state index contributed by atoms with van der Waals surface area (Å²) in [6, 6.07) is 7.13. The minimum Gasteiger partial charge on any atom is -0.477 e. The van der Waals surface area contributed by atoms with Gasteiger partial charge in [0, 0.05) is 27.8 Å². The van der Waals surface area contributed by atoms with Crippen LogP contribution >= 0.6 is 0 Å². The van der Waals surface area contributed by atoms with Gasteiger partial charge in [-0.3, -0.25) is 9.10 Å². The highest BCUT2D eigenvalue weighted by Crippen LogP contribution is 2.51. The summed E-state index contributed by atoms with van der Waals surface area (Å²) >= 11 is 0. The summed E-state index contributed by atoms with van der Waals surface area (Å²) in [4.78, 5) is 26.7. The van der Waals surface area contributed by atoms with Crippen LogP contribution in [-0.2, 0) is 32.7 Å². The van der Waals surface area contributed by atoms with Gasteiger partial charge in [0.15, 0.2) is 0 Å². The van der Waals surface area contributed by atoms with E-state index in [1.165, 1.54) is 27.3 Å². The highest BCUT2D eigenvalue weighted by Gasteiger charge is 2.60. The van der Waals surface area contributed by atoms with E-state index in [4.69, 9.17) is 0 Å². The number of piperazine rings is 1. The molecule has 2 N–H and O–H groups in total. The van der Waals surface area contributed by atoms with Crippen molar-refractivity contribution in [3.8, 4) is 0 Å². The number of carbonyl (C=O) groups excluding carboxylic acids is 1. The number of aliphatic carboxylic acids is 1. The Labute approximate surface area is 233 Å². The first kappa shape index (κ1) is 25.9. The third-order valence-electron chi connectivity index (χ3n) is 10.3. The van der Waals surface area contributed by atoms with Crippen LogP contribution in [0.25, 0.3) is 10.8 Å². The highest BCUT2D eigenvalue weighted by atomic mass is 32.2. The molecule has 1 spiro atoms. The Bertz CT molecular complexity index is 1640. The van der Waals surface area contributed by atoms with Gasteiger partial charge >= 0.3 is 5.97 Å². The summed E-state index contributed by atoms with van der Waals surface area (Å²) in [6.45, 7) is 9.31. The molecule has 0 aliphatic carbocycles. The zero-order valence-electron chi connectivity index (χ0n) is 23.3. The SMILES string of the molecule is C[C@@H](O)[C@H]1C(=O)N2C(C(=O)O)=C(CN3c4ccc5c6c(ccc(c46)S3(=O)=O)C[N+]3(CC[N+](C)(C)CC3)C5)[C@H](C)[C@H]12. The molecule has 5 aliphatic heterocycles. The van der Waals surface area contributed by atoms with Crippen molar-refractivity contribution >= 4 is 38.4 Å². The monoisotopic (exact) mass is 568 g/mol. The van der Waals surface area contributed by atoms with E-state index >= 15 is 0 Å². The first-order valence-electron chi connectivity index (χ1n) is 14.0. The summed E-state index contributed by atoms with van der Waals surface area (Å²) in [6.07, 6.45) is -0.919. The van der Waals surface area contributed by atoms with Crippen LogP contribution < -0.4 is 4.31 Å². The van der Waals surface area contributed by atoms with E-state index in [2.05, 4.69) is 20.2 Å². The summed E-state index contributed by atoms with van der Waals surface area (Å²) in [7, 11) is 0.607. The number of hydrogen-bond acceptors (Lipinski definition) is 5. The number of hydrogen-bond donors (Lipinski definition) is 2. The van der Waals surface area contributed by atoms with Crippen LogP contribution in [-0.4, -0.2) is 103 Å². The second-order valence-electron chi connectivity index (χ2n) is 13.1. The first-order valence-corrected chi connectivity index (χ1v) is 15.5. The fourth-order valence-corrected chi connectivity index (χ4v) is 9.65. The number of aliphatic hydroxyl groups excluding tert-OH is 1. The molecule has 0 aromatic heterocycles. The Balaban J connectivity index is 1.29. The van der Waals surface area contributed by atoms with Crippen LogP contribution in [0.1, 0.15) is 25.0 Å². The smallest absolute Gasteiger partial charge is 0.352 e. The Morgan fingerprint density at radius 2 is 1.68 bits per heavy atom. The van der Waals surface area contributed by atoms with Gasteiger partial charge in [-0.1, -0.05) is 19.1 Å². The van der Waals surface area contributed by atoms with Gasteiger partial charge in [0.25, 0.3) is 10.0 Å². The van der Waals surface area contributed by atoms with Crippen molar-refractivity contribution < 1.29 is 37.2 Å². The van der Waals surface area contributed by atoms with Gasteiger partial charge in [-0.05, 0) is 24.6 Å². The molecule has 11 heteroatoms. The number of likely N-dealkylation sites (N-methyl/N-ethyl adjacent to an activating group) is 1. The van der Waals surface area contributed by atoms with Crippen LogP contribution in [0.5, 0.6) is 0 Å². The lowest BCUT2D eigenvalue weighted by Crippen LogP contribution is -2.63. The van der Waals surface area contributed by atoms with Gasteiger partial charge < -0.3 is 24.1 Å². The van der Waals surface area contributed by atoms with E-state index in [9.17, 15) is 28.2 Å². The number of β-lactam (4-membered cyclic amide) rings is 1. The Hall–Kier alpha value is -2.99. The van der Waals surface area contributed by atoms with Crippen molar-refractivity contribution in [1.82, 2.24) is 4.90 Å². The number of nitrogens with zero attached hydrogens (tertiary/aromatic N) is 4. The number of amides is 1. The van der Waals surface area contributed by atoms with Crippen LogP contribution in [0.4, 0.5) is 5.69 Å². The number of carboxylic acids is 1. The van der Waals surface area contributed by atoms with Crippen LogP contribution in [0, 0.1) is 11.8 Å². The lowest BCUT2D eigenvalue weighted by atomic mass is 9.77. The van der Waals surface area contributed by atoms with Crippen LogP contribution in [0.2, 0.25) is 0 Å². The third kappa shape index (κ3) is 3.29. The molecule has 2 aromatic carbocycles. The lowest BCUT2D eigenvalue weighted by Gasteiger charge is -2.48. The second-order valence-corrected chi connectivity index (χ2v) is 15.0. The van der Waals surface area contributed by atoms with Gasteiger partial charge in [-0.2, -0.15) is 0 Å². The van der Waals surface area contributed by atoms with Gasteiger partial charge in [0.2, 0.25) is 5.91 Å². The fourth-order valence-electron chi connectivity index (χ4n) is 7.99. The van der Waals surface area contributed by atoms with Gasteiger partial charge in [0.1, 0.15) is 45.0 Å². The van der Waals surface area contributed by atoms with Gasteiger partial charge in [-0.15, -0.1) is 0 Å². The Kier molecular flexibility index (Phi) is 5.23. The molecule has 7 rings (SSSR count). The van der Waals surface area contributed by atoms with E-state index in [0.717, 1.165) is 59.0 Å². The number of benzene rings is 2. The number of rotatable bonds is 4. The van der Waals surface area contributed by atoms with E-state index in [1.54, 1.807) is 6.07 Å². The molecular weight excluding hydrogens is 532 g/mol. The van der Waals surface area contributed by atoms with E-state index in [0.29, 0.717) is 11.3 Å². The summed E-state index contributed by atoms with van der Waals surface area (Å²) in [5.41, 5.74) is 3.14. The number of carboxylic acid groups (broad SMARTS) is 1. The molecule has 2 aromatic rings. The normalized spacial score (nSPS) is 29.6. The minimum absolute atomic E-state index is 0.149. The number of sulfonamides is 1. The molecule has 0 unspecified atom stereocenters. The predicted molar refractivity (Wildman–Crippen MR) is 147 cm³/mol. The molecule has 5 heterocycles. The number of fused-ring (bicyclic) bond motifs is 1. The quantitative estimate of drug-likeness (QED) is 0.427. The molecule has 4 atom stereocenters. The van der Waals surface area contributed by atoms with Gasteiger partial charge in [0.05, 0.1) is 49.3 Å². The summed E-state index contributed by atoms with van der Waals surface area (Å²) < 4.78 is 31.3. The number of anilines is 1. The molecule has 5 aliphatic rings. The standard InChI is InChI=1S/C29H35N4O6S/c1-16-20(27(29(36)37)31-26(16)23(17(2)34)28(31)35)13-30-21-7-5-18-14-33(11-9-32(3,4)10-12-33)15-19-6-8-22(40(30,38)39)25(21)24(18)19/h5-8,16-17,23,26,34H,9-15H2,1-4H3/q+1/p+1/t16-,17+,23+,26+/m0/s1. The molecule has 212 valence electrons. The average Bonchev–Trinajstić information content (AvgIpc) is 3.25. The maximum atomic E-state index is 14.0. The van der Waals surface area contributed by atoms with Crippen molar-refractivity contribution in [2.45, 2.75) is 44.0 Å². The molecule has 0 saturated carbocycles. The summed E-state index contributed by atoms with van der Waals surface area (Å²) in [5, 5.41) is 22.0. The van der Waals surface area contributed by atoms with Crippen molar-refractivity contribution in [3.63, 3.8) is 0 Å². The molecule has 1 amide bonds. The van der Waals surface area contributed by atoms with E-state index < -0.39 is 45.9 Å². The average molecular weight is 569 g/mol. The molecule has 10 nitrogen and oxygen atoms in total. The topological polar surface area (TPSA) is 115 Å². The molecule has 0 bridgehead atoms. The van der Waals surface area contributed by atoms with E-state index in [1.807, 2.05) is 19.1 Å². The highest BCUT2D eigenvalue weighted by molar-refractivity contribution is 7.93. The number of quaternary nitrogens is 2.